The lowest BCUT2D eigenvalue weighted by atomic mass is 9.79. The van der Waals surface area contributed by atoms with E-state index in [1.165, 1.54) is 6.33 Å². The van der Waals surface area contributed by atoms with Crippen molar-refractivity contribution >= 4 is 33.9 Å². The van der Waals surface area contributed by atoms with E-state index in [0.29, 0.717) is 5.69 Å². The van der Waals surface area contributed by atoms with Gasteiger partial charge in [0.15, 0.2) is 0 Å². The van der Waals surface area contributed by atoms with Crippen LogP contribution in [0.3, 0.4) is 0 Å². The number of anilines is 3. The van der Waals surface area contributed by atoms with Crippen molar-refractivity contribution in [3.8, 4) is 0 Å². The van der Waals surface area contributed by atoms with Gasteiger partial charge in [-0.25, -0.2) is 9.97 Å². The summed E-state index contributed by atoms with van der Waals surface area (Å²) in [7, 11) is 0. The first kappa shape index (κ1) is 20.9. The fourth-order valence-corrected chi connectivity index (χ4v) is 4.71. The summed E-state index contributed by atoms with van der Waals surface area (Å²) in [5.74, 6) is 0.366. The van der Waals surface area contributed by atoms with Crippen LogP contribution in [0.25, 0.3) is 10.9 Å². The molecule has 4 rings (SSSR count). The van der Waals surface area contributed by atoms with Crippen LogP contribution in [-0.4, -0.2) is 37.0 Å². The molecule has 3 aromatic rings. The van der Waals surface area contributed by atoms with Gasteiger partial charge in [-0.1, -0.05) is 6.07 Å². The molecular formula is C22H27N7O2. The van der Waals surface area contributed by atoms with Crippen molar-refractivity contribution in [3.05, 3.63) is 53.0 Å². The van der Waals surface area contributed by atoms with E-state index in [0.717, 1.165) is 23.7 Å². The van der Waals surface area contributed by atoms with Crippen LogP contribution in [0.1, 0.15) is 40.5 Å². The smallest absolute Gasteiger partial charge is 0.353 e. The van der Waals surface area contributed by atoms with E-state index in [-0.39, 0.29) is 34.4 Å². The molecule has 0 unspecified atom stereocenters. The SMILES string of the molecule is CC1(C)CC(Nc2ncnc(Nc3cccc4ncccc34)c2[N+](=O)[O-])CC(C)(C)N1. The molecule has 1 aromatic carbocycles. The summed E-state index contributed by atoms with van der Waals surface area (Å²) in [6, 6.07) is 9.37. The predicted octanol–water partition coefficient (Wildman–Crippen LogP) is 4.40. The highest BCUT2D eigenvalue weighted by Gasteiger charge is 2.38. The fraction of sp³-hybridized carbons (Fsp3) is 0.409. The minimum atomic E-state index is -0.439. The van der Waals surface area contributed by atoms with Crippen molar-refractivity contribution in [1.29, 1.82) is 0 Å². The maximum Gasteiger partial charge on any atom is 0.353 e. The van der Waals surface area contributed by atoms with Crippen LogP contribution in [0.5, 0.6) is 0 Å². The number of hydrogen-bond acceptors (Lipinski definition) is 8. The molecule has 0 atom stereocenters. The Morgan fingerprint density at radius 2 is 1.74 bits per heavy atom. The van der Waals surface area contributed by atoms with Gasteiger partial charge in [0.1, 0.15) is 6.33 Å². The highest BCUT2D eigenvalue weighted by atomic mass is 16.6. The Labute approximate surface area is 180 Å². The van der Waals surface area contributed by atoms with Crippen LogP contribution < -0.4 is 16.0 Å². The van der Waals surface area contributed by atoms with Gasteiger partial charge in [0, 0.05) is 34.4 Å². The van der Waals surface area contributed by atoms with Gasteiger partial charge in [-0.15, -0.1) is 0 Å². The van der Waals surface area contributed by atoms with Crippen LogP contribution in [0.4, 0.5) is 23.0 Å². The molecule has 1 aliphatic heterocycles. The monoisotopic (exact) mass is 421 g/mol. The molecule has 1 aliphatic rings. The van der Waals surface area contributed by atoms with E-state index >= 15 is 0 Å². The molecule has 0 saturated carbocycles. The summed E-state index contributed by atoms with van der Waals surface area (Å²) >= 11 is 0. The Kier molecular flexibility index (Phi) is 5.22. The first-order valence-corrected chi connectivity index (χ1v) is 10.3. The summed E-state index contributed by atoms with van der Waals surface area (Å²) in [6.45, 7) is 8.55. The van der Waals surface area contributed by atoms with Crippen LogP contribution in [-0.2, 0) is 0 Å². The van der Waals surface area contributed by atoms with E-state index in [4.69, 9.17) is 0 Å². The number of pyridine rings is 1. The van der Waals surface area contributed by atoms with Crippen LogP contribution in [0, 0.1) is 10.1 Å². The number of nitrogens with zero attached hydrogens (tertiary/aromatic N) is 4. The van der Waals surface area contributed by atoms with Gasteiger partial charge < -0.3 is 16.0 Å². The van der Waals surface area contributed by atoms with E-state index in [9.17, 15) is 10.1 Å². The molecule has 9 heteroatoms. The lowest BCUT2D eigenvalue weighted by molar-refractivity contribution is -0.383. The number of nitrogens with one attached hydrogen (secondary N) is 3. The summed E-state index contributed by atoms with van der Waals surface area (Å²) in [6.07, 6.45) is 4.69. The summed E-state index contributed by atoms with van der Waals surface area (Å²) < 4.78 is 0. The molecule has 31 heavy (non-hydrogen) atoms. The Balaban J connectivity index is 1.68. The molecule has 3 N–H and O–H groups in total. The fourth-order valence-electron chi connectivity index (χ4n) is 4.71. The molecule has 162 valence electrons. The molecule has 0 amide bonds. The summed E-state index contributed by atoms with van der Waals surface area (Å²) in [5.41, 5.74) is 1.12. The minimum absolute atomic E-state index is 0.0365. The van der Waals surface area contributed by atoms with Gasteiger partial charge >= 0.3 is 5.69 Å². The van der Waals surface area contributed by atoms with E-state index in [1.807, 2.05) is 30.3 Å². The zero-order valence-electron chi connectivity index (χ0n) is 18.1. The molecule has 0 bridgehead atoms. The van der Waals surface area contributed by atoms with Gasteiger partial charge in [-0.05, 0) is 64.8 Å². The molecule has 0 aliphatic carbocycles. The number of nitro groups is 1. The maximum absolute atomic E-state index is 12.0. The van der Waals surface area contributed by atoms with Crippen molar-refractivity contribution in [1.82, 2.24) is 20.3 Å². The average molecular weight is 422 g/mol. The third-order valence-corrected chi connectivity index (χ3v) is 5.43. The third kappa shape index (κ3) is 4.56. The lowest BCUT2D eigenvalue weighted by Gasteiger charge is -2.46. The first-order valence-electron chi connectivity index (χ1n) is 10.3. The number of rotatable bonds is 5. The van der Waals surface area contributed by atoms with E-state index in [1.54, 1.807) is 6.20 Å². The van der Waals surface area contributed by atoms with Crippen molar-refractivity contribution in [3.63, 3.8) is 0 Å². The average Bonchev–Trinajstić information content (AvgIpc) is 2.65. The zero-order valence-corrected chi connectivity index (χ0v) is 18.1. The normalized spacial score (nSPS) is 17.9. The summed E-state index contributed by atoms with van der Waals surface area (Å²) in [5, 5.41) is 22.9. The predicted molar refractivity (Wildman–Crippen MR) is 122 cm³/mol. The molecule has 0 spiro atoms. The Morgan fingerprint density at radius 1 is 1.03 bits per heavy atom. The Morgan fingerprint density at radius 3 is 2.45 bits per heavy atom. The second kappa shape index (κ2) is 7.73. The second-order valence-electron chi connectivity index (χ2n) is 9.32. The Bertz CT molecular complexity index is 1110. The van der Waals surface area contributed by atoms with Crippen LogP contribution in [0.2, 0.25) is 0 Å². The Hall–Kier alpha value is -3.33. The van der Waals surface area contributed by atoms with Crippen molar-refractivity contribution in [2.75, 3.05) is 10.6 Å². The summed E-state index contributed by atoms with van der Waals surface area (Å²) in [4.78, 5) is 24.3. The highest BCUT2D eigenvalue weighted by Crippen LogP contribution is 2.36. The van der Waals surface area contributed by atoms with Gasteiger partial charge in [-0.2, -0.15) is 0 Å². The third-order valence-electron chi connectivity index (χ3n) is 5.43. The number of aromatic nitrogens is 3. The maximum atomic E-state index is 12.0. The molecule has 1 saturated heterocycles. The number of benzene rings is 1. The molecule has 2 aromatic heterocycles. The molecule has 0 radical (unpaired) electrons. The molecular weight excluding hydrogens is 394 g/mol. The van der Waals surface area contributed by atoms with Gasteiger partial charge in [0.05, 0.1) is 10.4 Å². The molecule has 1 fully saturated rings. The molecule has 3 heterocycles. The minimum Gasteiger partial charge on any atom is -0.361 e. The number of fused-ring (bicyclic) bond motifs is 1. The van der Waals surface area contributed by atoms with E-state index < -0.39 is 4.92 Å². The van der Waals surface area contributed by atoms with Gasteiger partial charge in [0.2, 0.25) is 11.6 Å². The van der Waals surface area contributed by atoms with Crippen molar-refractivity contribution in [2.24, 2.45) is 0 Å². The number of piperidine rings is 1. The number of hydrogen-bond donors (Lipinski definition) is 3. The first-order chi connectivity index (χ1) is 14.6. The van der Waals surface area contributed by atoms with Gasteiger partial charge in [0.25, 0.3) is 0 Å². The highest BCUT2D eigenvalue weighted by molar-refractivity contribution is 5.93. The van der Waals surface area contributed by atoms with Crippen molar-refractivity contribution < 1.29 is 4.92 Å². The zero-order chi connectivity index (χ0) is 22.2. The van der Waals surface area contributed by atoms with Crippen molar-refractivity contribution in [2.45, 2.75) is 57.7 Å². The van der Waals surface area contributed by atoms with E-state index in [2.05, 4.69) is 58.6 Å². The second-order valence-corrected chi connectivity index (χ2v) is 9.32. The van der Waals surface area contributed by atoms with Crippen LogP contribution in [0.15, 0.2) is 42.9 Å². The van der Waals surface area contributed by atoms with Gasteiger partial charge in [-0.3, -0.25) is 15.1 Å². The largest absolute Gasteiger partial charge is 0.361 e. The molecule has 9 nitrogen and oxygen atoms in total. The standard InChI is InChI=1S/C22H27N7O2/c1-21(2)11-14(12-22(3,4)28-21)26-19-18(29(30)31)20(25-13-24-19)27-17-9-5-8-16-15(17)7-6-10-23-16/h5-10,13-14,28H,11-12H2,1-4H3,(H2,24,25,26,27). The quantitative estimate of drug-likeness (QED) is 0.410. The van der Waals surface area contributed by atoms with Crippen LogP contribution >= 0.6 is 0 Å². The lowest BCUT2D eigenvalue weighted by Crippen LogP contribution is -2.60. The topological polar surface area (TPSA) is 118 Å².